The highest BCUT2D eigenvalue weighted by Gasteiger charge is 2.64. The smallest absolute Gasteiger partial charge is 0.240 e. The maximum atomic E-state index is 13.8. The van der Waals surface area contributed by atoms with E-state index in [9.17, 15) is 14.4 Å². The molecule has 33 heavy (non-hydrogen) atoms. The summed E-state index contributed by atoms with van der Waals surface area (Å²) in [6.07, 6.45) is 3.96. The molecule has 5 nitrogen and oxygen atoms in total. The van der Waals surface area contributed by atoms with Gasteiger partial charge >= 0.3 is 0 Å². The third kappa shape index (κ3) is 2.94. The maximum Gasteiger partial charge on any atom is 0.240 e. The fourth-order valence-electron chi connectivity index (χ4n) is 5.43. The summed E-state index contributed by atoms with van der Waals surface area (Å²) in [5, 5.41) is 0. The highest BCUT2D eigenvalue weighted by molar-refractivity contribution is 9.10. The summed E-state index contributed by atoms with van der Waals surface area (Å²) < 4.78 is 0.862. The van der Waals surface area contributed by atoms with Gasteiger partial charge in [0.15, 0.2) is 5.78 Å². The number of fused-ring (bicyclic) bond motifs is 5. The van der Waals surface area contributed by atoms with Gasteiger partial charge in [-0.15, -0.1) is 0 Å². The number of hydrogen-bond acceptors (Lipinski definition) is 4. The first-order valence-electron chi connectivity index (χ1n) is 10.8. The molecule has 6 rings (SSSR count). The van der Waals surface area contributed by atoms with Crippen LogP contribution in [0.4, 0.5) is 11.4 Å². The Labute approximate surface area is 199 Å². The molecule has 0 unspecified atom stereocenters. The minimum absolute atomic E-state index is 0.142. The van der Waals surface area contributed by atoms with Gasteiger partial charge in [0, 0.05) is 15.7 Å². The second kappa shape index (κ2) is 7.52. The number of carbonyl (C=O) groups excluding carboxylic acids is 3. The second-order valence-corrected chi connectivity index (χ2v) is 9.45. The third-order valence-corrected chi connectivity index (χ3v) is 7.36. The molecule has 2 saturated heterocycles. The number of hydrogen-bond donors (Lipinski definition) is 0. The fourth-order valence-corrected chi connectivity index (χ4v) is 5.70. The van der Waals surface area contributed by atoms with Gasteiger partial charge in [-0.2, -0.15) is 0 Å². The monoisotopic (exact) mass is 498 g/mol. The molecule has 3 aromatic rings. The first kappa shape index (κ1) is 20.1. The predicted octanol–water partition coefficient (Wildman–Crippen LogP) is 4.72. The lowest BCUT2D eigenvalue weighted by Gasteiger charge is -2.36. The SMILES string of the molecule is O=C(c1ccccc1)[C@H]1[C@@H]2C(=O)N(c3ccc(Br)cc3)C(=O)[C@@H]2[C@H]2C=Cc3ccccc3N21. The minimum Gasteiger partial charge on any atom is -0.352 e. The molecule has 0 bridgehead atoms. The molecule has 2 fully saturated rings. The number of rotatable bonds is 3. The number of carbonyl (C=O) groups is 3. The summed E-state index contributed by atoms with van der Waals surface area (Å²) in [6.45, 7) is 0. The standard InChI is InChI=1S/C27H19BrN2O3/c28-18-11-13-19(14-12-18)29-26(32)22-21-15-10-16-6-4-5-9-20(16)30(21)24(23(22)27(29)33)25(31)17-7-2-1-3-8-17/h1-15,21-24H/t21-,22-,23-,24-/m1/s1. The first-order chi connectivity index (χ1) is 16.1. The van der Waals surface area contributed by atoms with Crippen molar-refractivity contribution in [3.63, 3.8) is 0 Å². The van der Waals surface area contributed by atoms with Crippen LogP contribution < -0.4 is 9.80 Å². The van der Waals surface area contributed by atoms with Crippen LogP contribution in [0.15, 0.2) is 89.4 Å². The van der Waals surface area contributed by atoms with Gasteiger partial charge in [-0.3, -0.25) is 14.4 Å². The van der Waals surface area contributed by atoms with Gasteiger partial charge in [-0.05, 0) is 35.9 Å². The summed E-state index contributed by atoms with van der Waals surface area (Å²) in [5.74, 6) is -2.09. The van der Waals surface area contributed by atoms with Crippen molar-refractivity contribution in [3.8, 4) is 0 Å². The molecule has 3 aliphatic rings. The van der Waals surface area contributed by atoms with Gasteiger partial charge in [0.05, 0.1) is 23.6 Å². The van der Waals surface area contributed by atoms with Crippen molar-refractivity contribution in [2.75, 3.05) is 9.80 Å². The molecule has 0 N–H and O–H groups in total. The fraction of sp³-hybridized carbons (Fsp3) is 0.148. The number of ketones is 1. The van der Waals surface area contributed by atoms with Gasteiger partial charge in [-0.1, -0.05) is 76.6 Å². The van der Waals surface area contributed by atoms with Crippen LogP contribution in [0.3, 0.4) is 0 Å². The molecule has 3 heterocycles. The van der Waals surface area contributed by atoms with E-state index in [2.05, 4.69) is 15.9 Å². The zero-order valence-electron chi connectivity index (χ0n) is 17.5. The Morgan fingerprint density at radius 2 is 1.45 bits per heavy atom. The average Bonchev–Trinajstić information content (AvgIpc) is 3.33. The van der Waals surface area contributed by atoms with E-state index in [1.807, 2.05) is 59.5 Å². The van der Waals surface area contributed by atoms with E-state index < -0.39 is 17.9 Å². The van der Waals surface area contributed by atoms with Crippen LogP contribution in [0.25, 0.3) is 6.08 Å². The molecule has 6 heteroatoms. The zero-order valence-corrected chi connectivity index (χ0v) is 19.1. The molecule has 0 aliphatic carbocycles. The van der Waals surface area contributed by atoms with Crippen LogP contribution in [0, 0.1) is 11.8 Å². The van der Waals surface area contributed by atoms with Crippen molar-refractivity contribution < 1.29 is 14.4 Å². The third-order valence-electron chi connectivity index (χ3n) is 6.83. The molecule has 0 spiro atoms. The molecule has 162 valence electrons. The molecule has 2 amide bonds. The number of halogens is 1. The zero-order chi connectivity index (χ0) is 22.7. The van der Waals surface area contributed by atoms with Crippen molar-refractivity contribution in [1.29, 1.82) is 0 Å². The topological polar surface area (TPSA) is 57.7 Å². The minimum atomic E-state index is -0.759. The van der Waals surface area contributed by atoms with Crippen molar-refractivity contribution in [1.82, 2.24) is 0 Å². The van der Waals surface area contributed by atoms with E-state index in [1.165, 1.54) is 4.90 Å². The first-order valence-corrected chi connectivity index (χ1v) is 11.6. The number of Topliss-reactive ketones (excluding diaryl/α,β-unsaturated/α-hetero) is 1. The number of anilines is 2. The van der Waals surface area contributed by atoms with Crippen LogP contribution in [0.5, 0.6) is 0 Å². The van der Waals surface area contributed by atoms with Gasteiger partial charge in [-0.25, -0.2) is 4.90 Å². The molecular formula is C27H19BrN2O3. The highest BCUT2D eigenvalue weighted by Crippen LogP contribution is 2.49. The lowest BCUT2D eigenvalue weighted by molar-refractivity contribution is -0.122. The summed E-state index contributed by atoms with van der Waals surface area (Å²) in [6, 6.07) is 22.8. The van der Waals surface area contributed by atoms with E-state index >= 15 is 0 Å². The molecule has 0 aromatic heterocycles. The molecule has 0 radical (unpaired) electrons. The van der Waals surface area contributed by atoms with Crippen molar-refractivity contribution >= 4 is 51.0 Å². The van der Waals surface area contributed by atoms with Crippen LogP contribution in [0.1, 0.15) is 15.9 Å². The molecule has 0 saturated carbocycles. The van der Waals surface area contributed by atoms with Crippen LogP contribution in [0.2, 0.25) is 0 Å². The number of para-hydroxylation sites is 1. The second-order valence-electron chi connectivity index (χ2n) is 8.53. The number of nitrogens with zero attached hydrogens (tertiary/aromatic N) is 2. The van der Waals surface area contributed by atoms with Crippen LogP contribution in [-0.4, -0.2) is 29.7 Å². The van der Waals surface area contributed by atoms with Gasteiger partial charge in [0.25, 0.3) is 0 Å². The molecule has 3 aromatic carbocycles. The summed E-state index contributed by atoms with van der Waals surface area (Å²) >= 11 is 3.40. The lowest BCUT2D eigenvalue weighted by Crippen LogP contribution is -2.48. The van der Waals surface area contributed by atoms with E-state index in [0.29, 0.717) is 11.3 Å². The molecule has 3 aliphatic heterocycles. The predicted molar refractivity (Wildman–Crippen MR) is 130 cm³/mol. The summed E-state index contributed by atoms with van der Waals surface area (Å²) in [4.78, 5) is 44.5. The van der Waals surface area contributed by atoms with E-state index in [0.717, 1.165) is 15.7 Å². The van der Waals surface area contributed by atoms with E-state index in [-0.39, 0.29) is 23.6 Å². The number of imide groups is 1. The van der Waals surface area contributed by atoms with Crippen molar-refractivity contribution in [3.05, 3.63) is 101 Å². The molecular weight excluding hydrogens is 480 g/mol. The van der Waals surface area contributed by atoms with Crippen molar-refractivity contribution in [2.45, 2.75) is 12.1 Å². The van der Waals surface area contributed by atoms with Gasteiger partial charge in [0.1, 0.15) is 6.04 Å². The average molecular weight is 499 g/mol. The lowest BCUT2D eigenvalue weighted by atomic mass is 9.86. The van der Waals surface area contributed by atoms with Gasteiger partial charge < -0.3 is 4.90 Å². The normalized spacial score (nSPS) is 25.1. The number of amides is 2. The summed E-state index contributed by atoms with van der Waals surface area (Å²) in [7, 11) is 0. The van der Waals surface area contributed by atoms with E-state index in [4.69, 9.17) is 0 Å². The molecule has 4 atom stereocenters. The van der Waals surface area contributed by atoms with Crippen molar-refractivity contribution in [2.24, 2.45) is 11.8 Å². The number of benzene rings is 3. The largest absolute Gasteiger partial charge is 0.352 e. The van der Waals surface area contributed by atoms with Crippen LogP contribution in [-0.2, 0) is 9.59 Å². The Bertz CT molecular complexity index is 1320. The maximum absolute atomic E-state index is 13.8. The van der Waals surface area contributed by atoms with E-state index in [1.54, 1.807) is 36.4 Å². The van der Waals surface area contributed by atoms with Crippen LogP contribution >= 0.6 is 15.9 Å². The summed E-state index contributed by atoms with van der Waals surface area (Å²) in [5.41, 5.74) is 2.92. The van der Waals surface area contributed by atoms with Gasteiger partial charge in [0.2, 0.25) is 11.8 Å². The Hall–Kier alpha value is -3.51. The highest BCUT2D eigenvalue weighted by atomic mass is 79.9. The Balaban J connectivity index is 1.50. The Morgan fingerprint density at radius 3 is 2.21 bits per heavy atom. The Morgan fingerprint density at radius 1 is 0.788 bits per heavy atom. The quantitative estimate of drug-likeness (QED) is 0.387. The Kier molecular flexibility index (Phi) is 4.59.